The highest BCUT2D eigenvalue weighted by Crippen LogP contribution is 2.29. The lowest BCUT2D eigenvalue weighted by Crippen LogP contribution is -2.18. The molecule has 3 rings (SSSR count). The van der Waals surface area contributed by atoms with Crippen molar-refractivity contribution in [2.24, 2.45) is 0 Å². The minimum Gasteiger partial charge on any atom is -0.491 e. The molecule has 0 saturated carbocycles. The zero-order valence-corrected chi connectivity index (χ0v) is 20.8. The summed E-state index contributed by atoms with van der Waals surface area (Å²) in [5.41, 5.74) is 4.86. The summed E-state index contributed by atoms with van der Waals surface area (Å²) in [7, 11) is 1.15. The fourth-order valence-electron chi connectivity index (χ4n) is 2.91. The van der Waals surface area contributed by atoms with Crippen LogP contribution in [0.1, 0.15) is 16.1 Å². The third-order valence-electron chi connectivity index (χ3n) is 4.46. The predicted molar refractivity (Wildman–Crippen MR) is 127 cm³/mol. The van der Waals surface area contributed by atoms with Gasteiger partial charge in [0.2, 0.25) is 0 Å². The van der Waals surface area contributed by atoms with Gasteiger partial charge >= 0.3 is 6.18 Å². The number of aromatic nitrogens is 4. The van der Waals surface area contributed by atoms with Crippen molar-refractivity contribution in [3.05, 3.63) is 48.0 Å². The molecule has 8 nitrogen and oxygen atoms in total. The Hall–Kier alpha value is -3.85. The van der Waals surface area contributed by atoms with Crippen molar-refractivity contribution in [1.82, 2.24) is 19.7 Å². The van der Waals surface area contributed by atoms with Crippen molar-refractivity contribution in [3.8, 4) is 34.4 Å². The van der Waals surface area contributed by atoms with Crippen LogP contribution in [-0.4, -0.2) is 54.1 Å². The van der Waals surface area contributed by atoms with Crippen LogP contribution >= 0.6 is 0 Å². The third kappa shape index (κ3) is 7.06. The van der Waals surface area contributed by atoms with E-state index < -0.39 is 26.7 Å². The summed E-state index contributed by atoms with van der Waals surface area (Å²) in [6.45, 7) is 4.90. The van der Waals surface area contributed by atoms with E-state index in [2.05, 4.69) is 51.5 Å². The number of amides is 1. The fourth-order valence-corrected chi connectivity index (χ4v) is 3.41. The number of nitrogens with one attached hydrogen (secondary N) is 1. The molecule has 0 aliphatic carbocycles. The Morgan fingerprint density at radius 3 is 2.54 bits per heavy atom. The van der Waals surface area contributed by atoms with Gasteiger partial charge in [-0.25, -0.2) is 9.97 Å². The molecule has 0 saturated heterocycles. The minimum atomic E-state index is -4.42. The van der Waals surface area contributed by atoms with Crippen molar-refractivity contribution in [2.45, 2.75) is 32.4 Å². The van der Waals surface area contributed by atoms with Crippen LogP contribution in [0.4, 0.5) is 18.9 Å². The molecular weight excluding hydrogens is 479 g/mol. The van der Waals surface area contributed by atoms with Gasteiger partial charge in [0.1, 0.15) is 20.3 Å². The maximum atomic E-state index is 13.0. The second-order valence-corrected chi connectivity index (χ2v) is 13.3. The largest absolute Gasteiger partial charge is 0.491 e. The van der Waals surface area contributed by atoms with Gasteiger partial charge in [-0.05, 0) is 18.2 Å². The normalized spacial score (nSPS) is 11.4. The summed E-state index contributed by atoms with van der Waals surface area (Å²) in [6, 6.07) is 4.89. The number of rotatable bonds is 6. The summed E-state index contributed by atoms with van der Waals surface area (Å²) in [5, 5.41) is 6.20. The molecular formula is C23H24F3N5O3Si. The van der Waals surface area contributed by atoms with Crippen LogP contribution < -0.4 is 14.8 Å². The molecule has 1 N–H and O–H groups in total. The number of carbonyl (C=O) groups excluding carboxylic acids is 1. The minimum absolute atomic E-state index is 0.122. The summed E-state index contributed by atoms with van der Waals surface area (Å²) in [4.78, 5) is 21.8. The highest BCUT2D eigenvalue weighted by Gasteiger charge is 2.28. The van der Waals surface area contributed by atoms with Gasteiger partial charge in [0, 0.05) is 18.0 Å². The van der Waals surface area contributed by atoms with Crippen molar-refractivity contribution >= 4 is 19.7 Å². The second-order valence-electron chi connectivity index (χ2n) is 8.52. The first-order valence-corrected chi connectivity index (χ1v) is 13.9. The number of anilines is 1. The van der Waals surface area contributed by atoms with Gasteiger partial charge < -0.3 is 14.8 Å². The Morgan fingerprint density at radius 2 is 1.91 bits per heavy atom. The average molecular weight is 504 g/mol. The molecule has 1 amide bonds. The molecule has 0 spiro atoms. The molecule has 184 valence electrons. The topological polar surface area (TPSA) is 91.2 Å². The van der Waals surface area contributed by atoms with Gasteiger partial charge in [-0.3, -0.25) is 9.48 Å². The lowest BCUT2D eigenvalue weighted by Gasteiger charge is -2.11. The molecule has 0 aliphatic heterocycles. The van der Waals surface area contributed by atoms with Crippen molar-refractivity contribution < 1.29 is 27.4 Å². The summed E-state index contributed by atoms with van der Waals surface area (Å²) >= 11 is 0. The van der Waals surface area contributed by atoms with Crippen LogP contribution in [0.25, 0.3) is 11.3 Å². The van der Waals surface area contributed by atoms with Crippen LogP contribution in [-0.2, 0) is 6.54 Å². The number of pyridine rings is 2. The van der Waals surface area contributed by atoms with Crippen LogP contribution in [0.15, 0.2) is 36.8 Å². The predicted octanol–water partition coefficient (Wildman–Crippen LogP) is 4.40. The van der Waals surface area contributed by atoms with E-state index in [1.54, 1.807) is 24.4 Å². The van der Waals surface area contributed by atoms with Gasteiger partial charge in [-0.15, -0.1) is 5.54 Å². The Kier molecular flexibility index (Phi) is 7.50. The summed E-state index contributed by atoms with van der Waals surface area (Å²) < 4.78 is 48.9. The van der Waals surface area contributed by atoms with Crippen molar-refractivity contribution in [3.63, 3.8) is 0 Å². The monoisotopic (exact) mass is 503 g/mol. The second kappa shape index (κ2) is 10.2. The van der Waals surface area contributed by atoms with Crippen LogP contribution in [0.2, 0.25) is 19.6 Å². The van der Waals surface area contributed by atoms with Crippen molar-refractivity contribution in [2.75, 3.05) is 19.5 Å². The van der Waals surface area contributed by atoms with Crippen molar-refractivity contribution in [1.29, 1.82) is 0 Å². The SMILES string of the molecule is COc1cc(-c2ccc(C(=O)Nc3cnn(CC(F)(F)F)c3)c(C#C[Si](C)(C)C)n2)cnc1OC. The molecule has 3 aromatic rings. The Labute approximate surface area is 201 Å². The molecule has 0 radical (unpaired) electrons. The van der Waals surface area contributed by atoms with E-state index in [1.165, 1.54) is 14.2 Å². The molecule has 0 aromatic carbocycles. The first-order chi connectivity index (χ1) is 16.4. The van der Waals surface area contributed by atoms with E-state index in [1.807, 2.05) is 0 Å². The maximum Gasteiger partial charge on any atom is 0.408 e. The molecule has 3 aromatic heterocycles. The Morgan fingerprint density at radius 1 is 1.17 bits per heavy atom. The molecule has 0 aliphatic rings. The van der Waals surface area contributed by atoms with E-state index in [0.717, 1.165) is 12.4 Å². The number of alkyl halides is 3. The zero-order valence-electron chi connectivity index (χ0n) is 19.8. The van der Waals surface area contributed by atoms with E-state index in [4.69, 9.17) is 9.47 Å². The summed E-state index contributed by atoms with van der Waals surface area (Å²) in [6.07, 6.45) is -0.607. The number of hydrogen-bond acceptors (Lipinski definition) is 6. The lowest BCUT2D eigenvalue weighted by atomic mass is 10.1. The highest BCUT2D eigenvalue weighted by atomic mass is 28.3. The van der Waals surface area contributed by atoms with Crippen LogP contribution in [0, 0.1) is 11.5 Å². The van der Waals surface area contributed by atoms with E-state index >= 15 is 0 Å². The first-order valence-electron chi connectivity index (χ1n) is 10.4. The number of hydrogen-bond donors (Lipinski definition) is 1. The number of methoxy groups -OCH3 is 2. The quantitative estimate of drug-likeness (QED) is 0.396. The van der Waals surface area contributed by atoms with Gasteiger partial charge in [-0.2, -0.15) is 18.3 Å². The Balaban J connectivity index is 1.96. The maximum absolute atomic E-state index is 13.0. The van der Waals surface area contributed by atoms with E-state index in [-0.39, 0.29) is 16.9 Å². The van der Waals surface area contributed by atoms with E-state index in [9.17, 15) is 18.0 Å². The number of halogens is 3. The van der Waals surface area contributed by atoms with E-state index in [0.29, 0.717) is 27.6 Å². The standard InChI is InChI=1S/C23H24F3N5O3Si/c1-33-20-10-15(11-27-22(20)34-2)18-7-6-17(19(30-18)8-9-35(3,4)5)21(32)29-16-12-28-31(13-16)14-23(24,25)26/h6-7,10-13H,14H2,1-5H3,(H,29,32). The van der Waals surface area contributed by atoms with Gasteiger partial charge in [-0.1, -0.05) is 25.6 Å². The number of nitrogens with zero attached hydrogens (tertiary/aromatic N) is 4. The lowest BCUT2D eigenvalue weighted by molar-refractivity contribution is -0.142. The van der Waals surface area contributed by atoms with Gasteiger partial charge in [0.25, 0.3) is 11.8 Å². The molecule has 0 atom stereocenters. The fraction of sp³-hybridized carbons (Fsp3) is 0.304. The van der Waals surface area contributed by atoms with Crippen LogP contribution in [0.3, 0.4) is 0 Å². The molecule has 35 heavy (non-hydrogen) atoms. The third-order valence-corrected chi connectivity index (χ3v) is 5.33. The van der Waals surface area contributed by atoms with Gasteiger partial charge in [0.15, 0.2) is 5.75 Å². The smallest absolute Gasteiger partial charge is 0.408 e. The molecule has 3 heterocycles. The zero-order chi connectivity index (χ0) is 25.8. The highest BCUT2D eigenvalue weighted by molar-refractivity contribution is 6.83. The number of ether oxygens (including phenoxy) is 2. The van der Waals surface area contributed by atoms with Gasteiger partial charge in [0.05, 0.1) is 37.4 Å². The summed E-state index contributed by atoms with van der Waals surface area (Å²) in [5.74, 6) is 3.18. The Bertz CT molecular complexity index is 1290. The number of carbonyl (C=O) groups is 1. The molecule has 0 fully saturated rings. The molecule has 0 bridgehead atoms. The molecule has 0 unspecified atom stereocenters. The first kappa shape index (κ1) is 25.8. The average Bonchev–Trinajstić information content (AvgIpc) is 3.21. The van der Waals surface area contributed by atoms with Crippen LogP contribution in [0.5, 0.6) is 11.6 Å². The molecule has 12 heteroatoms.